The molecule has 0 saturated carbocycles. The lowest BCUT2D eigenvalue weighted by molar-refractivity contribution is 0.542. The van der Waals surface area contributed by atoms with Gasteiger partial charge in [-0.05, 0) is 51.9 Å². The molecular formula is C18H24N6. The average Bonchev–Trinajstić information content (AvgIpc) is 3.06. The van der Waals surface area contributed by atoms with Crippen molar-refractivity contribution in [1.29, 1.82) is 0 Å². The summed E-state index contributed by atoms with van der Waals surface area (Å²) < 4.78 is 1.44. The summed E-state index contributed by atoms with van der Waals surface area (Å²) in [5.74, 6) is 1.78. The second-order valence-electron chi connectivity index (χ2n) is 6.59. The van der Waals surface area contributed by atoms with Crippen molar-refractivity contribution >= 4 is 11.5 Å². The zero-order valence-corrected chi connectivity index (χ0v) is 14.6. The van der Waals surface area contributed by atoms with Crippen LogP contribution in [0.25, 0.3) is 5.65 Å². The molecule has 126 valence electrons. The number of nitrogens with one attached hydrogen (secondary N) is 1. The molecule has 1 aromatic carbocycles. The number of benzene rings is 1. The lowest BCUT2D eigenvalue weighted by Gasteiger charge is -2.24. The zero-order valence-electron chi connectivity index (χ0n) is 14.6. The Kier molecular flexibility index (Phi) is 4.74. The number of hydrogen-bond acceptors (Lipinski definition) is 5. The van der Waals surface area contributed by atoms with E-state index in [0.29, 0.717) is 17.5 Å². The van der Waals surface area contributed by atoms with Crippen molar-refractivity contribution in [1.82, 2.24) is 25.3 Å². The summed E-state index contributed by atoms with van der Waals surface area (Å²) in [4.78, 5) is 0. The van der Waals surface area contributed by atoms with Crippen LogP contribution in [0.15, 0.2) is 36.4 Å². The number of fused-ring (bicyclic) bond motifs is 1. The molecule has 0 aliphatic heterocycles. The van der Waals surface area contributed by atoms with Gasteiger partial charge in [-0.1, -0.05) is 52.0 Å². The van der Waals surface area contributed by atoms with Gasteiger partial charge in [-0.25, -0.2) is 0 Å². The first-order chi connectivity index (χ1) is 11.6. The lowest BCUT2D eigenvalue weighted by Crippen LogP contribution is -2.18. The van der Waals surface area contributed by atoms with Gasteiger partial charge >= 0.3 is 0 Å². The van der Waals surface area contributed by atoms with Crippen LogP contribution in [0.2, 0.25) is 0 Å². The van der Waals surface area contributed by atoms with E-state index in [1.807, 2.05) is 12.1 Å². The van der Waals surface area contributed by atoms with Gasteiger partial charge in [0, 0.05) is 0 Å². The quantitative estimate of drug-likeness (QED) is 0.746. The summed E-state index contributed by atoms with van der Waals surface area (Å²) in [6.45, 7) is 8.89. The summed E-state index contributed by atoms with van der Waals surface area (Å²) in [7, 11) is 0. The van der Waals surface area contributed by atoms with Gasteiger partial charge in [-0.15, -0.1) is 14.8 Å². The van der Waals surface area contributed by atoms with Crippen molar-refractivity contribution in [3.8, 4) is 0 Å². The van der Waals surface area contributed by atoms with E-state index in [9.17, 15) is 0 Å². The number of tetrazole rings is 1. The molecule has 0 saturated heterocycles. The fraction of sp³-hybridized carbons (Fsp3) is 0.444. The molecule has 2 heterocycles. The van der Waals surface area contributed by atoms with E-state index in [0.717, 1.165) is 12.2 Å². The van der Waals surface area contributed by atoms with Crippen molar-refractivity contribution in [2.75, 3.05) is 5.32 Å². The minimum absolute atomic E-state index is 0.178. The van der Waals surface area contributed by atoms with Crippen molar-refractivity contribution < 1.29 is 0 Å². The van der Waals surface area contributed by atoms with E-state index in [-0.39, 0.29) is 6.04 Å². The minimum Gasteiger partial charge on any atom is -0.362 e. The molecule has 0 radical (unpaired) electrons. The van der Waals surface area contributed by atoms with E-state index < -0.39 is 0 Å². The van der Waals surface area contributed by atoms with E-state index in [1.54, 1.807) is 0 Å². The highest BCUT2D eigenvalue weighted by atomic mass is 15.6. The van der Waals surface area contributed by atoms with E-state index in [4.69, 9.17) is 0 Å². The number of nitrogens with zero attached hydrogens (tertiary/aromatic N) is 5. The van der Waals surface area contributed by atoms with Crippen LogP contribution in [0.5, 0.6) is 0 Å². The lowest BCUT2D eigenvalue weighted by atomic mass is 9.92. The van der Waals surface area contributed by atoms with Crippen LogP contribution >= 0.6 is 0 Å². The molecule has 0 aliphatic carbocycles. The van der Waals surface area contributed by atoms with Crippen LogP contribution in [0.3, 0.4) is 0 Å². The molecule has 0 fully saturated rings. The van der Waals surface area contributed by atoms with Crippen LogP contribution in [0.4, 0.5) is 5.82 Å². The molecule has 3 rings (SSSR count). The molecule has 24 heavy (non-hydrogen) atoms. The van der Waals surface area contributed by atoms with E-state index >= 15 is 0 Å². The van der Waals surface area contributed by atoms with Gasteiger partial charge in [0.2, 0.25) is 0 Å². The predicted octanol–water partition coefficient (Wildman–Crippen LogP) is 3.84. The minimum atomic E-state index is 0.178. The standard InChI is InChI=1S/C18H24N6/c1-5-13(4)14-6-8-15(9-7-14)18(12(2)3)19-16-10-11-17-20-22-23-24(17)21-16/h6-13,18H,5H2,1-4H3,(H,19,21)/t13-,18+/m0/s1. The third-order valence-electron chi connectivity index (χ3n) is 4.52. The number of anilines is 1. The molecule has 2 aromatic heterocycles. The summed E-state index contributed by atoms with van der Waals surface area (Å²) in [5, 5.41) is 19.3. The van der Waals surface area contributed by atoms with Crippen LogP contribution in [0.1, 0.15) is 57.2 Å². The molecule has 0 unspecified atom stereocenters. The maximum Gasteiger partial charge on any atom is 0.200 e. The highest BCUT2D eigenvalue weighted by molar-refractivity contribution is 5.44. The third kappa shape index (κ3) is 3.37. The fourth-order valence-corrected chi connectivity index (χ4v) is 2.79. The largest absolute Gasteiger partial charge is 0.362 e. The first kappa shape index (κ1) is 16.4. The summed E-state index contributed by atoms with van der Waals surface area (Å²) in [6.07, 6.45) is 1.15. The summed E-state index contributed by atoms with van der Waals surface area (Å²) >= 11 is 0. The highest BCUT2D eigenvalue weighted by Gasteiger charge is 2.17. The summed E-state index contributed by atoms with van der Waals surface area (Å²) in [5.41, 5.74) is 3.28. The molecule has 0 aliphatic rings. The van der Waals surface area contributed by atoms with Gasteiger partial charge in [-0.2, -0.15) is 0 Å². The molecular weight excluding hydrogens is 300 g/mol. The van der Waals surface area contributed by atoms with E-state index in [1.165, 1.54) is 15.8 Å². The Hall–Kier alpha value is -2.50. The molecule has 0 bridgehead atoms. The van der Waals surface area contributed by atoms with Crippen molar-refractivity contribution in [3.05, 3.63) is 47.5 Å². The first-order valence-corrected chi connectivity index (χ1v) is 8.50. The fourth-order valence-electron chi connectivity index (χ4n) is 2.79. The normalized spacial score (nSPS) is 14.0. The van der Waals surface area contributed by atoms with Gasteiger partial charge in [0.25, 0.3) is 0 Å². The average molecular weight is 324 g/mol. The van der Waals surface area contributed by atoms with Crippen LogP contribution in [0, 0.1) is 5.92 Å². The van der Waals surface area contributed by atoms with Gasteiger partial charge in [-0.3, -0.25) is 0 Å². The van der Waals surface area contributed by atoms with Gasteiger partial charge in [0.05, 0.1) is 6.04 Å². The second-order valence-corrected chi connectivity index (χ2v) is 6.59. The van der Waals surface area contributed by atoms with Gasteiger partial charge in [0.1, 0.15) is 5.82 Å². The molecule has 0 amide bonds. The van der Waals surface area contributed by atoms with Crippen LogP contribution in [-0.4, -0.2) is 25.3 Å². The Morgan fingerprint density at radius 1 is 1.00 bits per heavy atom. The maximum absolute atomic E-state index is 4.41. The van der Waals surface area contributed by atoms with Gasteiger partial charge < -0.3 is 5.32 Å². The Morgan fingerprint density at radius 2 is 1.71 bits per heavy atom. The number of rotatable bonds is 6. The topological polar surface area (TPSA) is 68.0 Å². The van der Waals surface area contributed by atoms with Crippen molar-refractivity contribution in [3.63, 3.8) is 0 Å². The maximum atomic E-state index is 4.41. The van der Waals surface area contributed by atoms with E-state index in [2.05, 4.69) is 77.9 Å². The third-order valence-corrected chi connectivity index (χ3v) is 4.52. The van der Waals surface area contributed by atoms with Gasteiger partial charge in [0.15, 0.2) is 5.65 Å². The highest BCUT2D eigenvalue weighted by Crippen LogP contribution is 2.28. The SMILES string of the molecule is CC[C@H](C)c1ccc([C@H](Nc2ccc3nnnn3n2)C(C)C)cc1. The Morgan fingerprint density at radius 3 is 2.38 bits per heavy atom. The molecule has 6 heteroatoms. The number of hydrogen-bond donors (Lipinski definition) is 1. The smallest absolute Gasteiger partial charge is 0.200 e. The molecule has 1 N–H and O–H groups in total. The van der Waals surface area contributed by atoms with Crippen LogP contribution < -0.4 is 5.32 Å². The Labute approximate surface area is 142 Å². The zero-order chi connectivity index (χ0) is 17.1. The first-order valence-electron chi connectivity index (χ1n) is 8.50. The second kappa shape index (κ2) is 6.95. The predicted molar refractivity (Wildman–Crippen MR) is 94.9 cm³/mol. The molecule has 3 aromatic rings. The summed E-state index contributed by atoms with van der Waals surface area (Å²) in [6, 6.07) is 12.9. The Balaban J connectivity index is 1.83. The number of aromatic nitrogens is 5. The van der Waals surface area contributed by atoms with Crippen molar-refractivity contribution in [2.24, 2.45) is 5.92 Å². The Bertz CT molecular complexity index is 793. The molecule has 0 spiro atoms. The van der Waals surface area contributed by atoms with Crippen molar-refractivity contribution in [2.45, 2.75) is 46.1 Å². The monoisotopic (exact) mass is 324 g/mol. The molecule has 2 atom stereocenters. The molecule has 6 nitrogen and oxygen atoms in total. The van der Waals surface area contributed by atoms with Crippen LogP contribution in [-0.2, 0) is 0 Å².